The molecule has 0 spiro atoms. The Bertz CT molecular complexity index is 1110. The molecule has 0 saturated heterocycles. The summed E-state index contributed by atoms with van der Waals surface area (Å²) in [6, 6.07) is 18.1. The number of aliphatic hydroxyl groups is 1. The molecule has 36 heavy (non-hydrogen) atoms. The van der Waals surface area contributed by atoms with Crippen molar-refractivity contribution in [2.45, 2.75) is 38.6 Å². The number of hydrogen-bond acceptors (Lipinski definition) is 6. The second-order valence-electron chi connectivity index (χ2n) is 9.20. The first-order valence-electron chi connectivity index (χ1n) is 12.3. The minimum absolute atomic E-state index is 0. The number of nitrogens with zero attached hydrogens (tertiary/aromatic N) is 2. The van der Waals surface area contributed by atoms with Crippen LogP contribution in [-0.2, 0) is 22.5 Å². The Morgan fingerprint density at radius 2 is 1.75 bits per heavy atom. The van der Waals surface area contributed by atoms with E-state index in [1.165, 1.54) is 0 Å². The van der Waals surface area contributed by atoms with Gasteiger partial charge < -0.3 is 24.5 Å². The summed E-state index contributed by atoms with van der Waals surface area (Å²) >= 11 is 0. The molecule has 4 rings (SSSR count). The molecule has 0 amide bonds. The number of aliphatic carboxylic acids is 1. The number of carbonyl (C=O) groups is 1. The average Bonchev–Trinajstić information content (AvgIpc) is 3.23. The predicted octanol–water partition coefficient (Wildman–Crippen LogP) is 0.337. The van der Waals surface area contributed by atoms with Gasteiger partial charge in [0.1, 0.15) is 11.4 Å². The van der Waals surface area contributed by atoms with Gasteiger partial charge in [0, 0.05) is 43.0 Å². The number of aromatic nitrogens is 2. The zero-order valence-corrected chi connectivity index (χ0v) is 23.2. The van der Waals surface area contributed by atoms with Crippen LogP contribution in [0.25, 0.3) is 22.4 Å². The first-order valence-corrected chi connectivity index (χ1v) is 12.3. The molecule has 1 aromatic heterocycles. The van der Waals surface area contributed by atoms with Gasteiger partial charge in [-0.2, -0.15) is 5.10 Å². The number of benzene rings is 2. The summed E-state index contributed by atoms with van der Waals surface area (Å²) in [4.78, 5) is 10.6. The number of carbonyl (C=O) groups excluding carboxylic acids is 1. The molecule has 0 aliphatic heterocycles. The largest absolute Gasteiger partial charge is 1.00 e. The minimum Gasteiger partial charge on any atom is -0.548 e. The maximum atomic E-state index is 10.6. The number of carboxylic acid groups (broad SMARTS) is 1. The molecule has 1 heterocycles. The van der Waals surface area contributed by atoms with Gasteiger partial charge in [-0.05, 0) is 55.2 Å². The molecule has 3 aromatic rings. The zero-order chi connectivity index (χ0) is 24.6. The third-order valence-electron chi connectivity index (χ3n) is 6.78. The van der Waals surface area contributed by atoms with Crippen molar-refractivity contribution >= 4 is 5.97 Å². The number of aliphatic hydroxyl groups excluding tert-OH is 1. The number of hydrogen-bond donors (Lipinski definition) is 1. The monoisotopic (exact) mass is 500 g/mol. The molecule has 1 N–H and O–H groups in total. The van der Waals surface area contributed by atoms with Gasteiger partial charge >= 0.3 is 29.6 Å². The van der Waals surface area contributed by atoms with E-state index < -0.39 is 5.97 Å². The second kappa shape index (κ2) is 14.0. The quantitative estimate of drug-likeness (QED) is 0.382. The number of rotatable bonds is 11. The Morgan fingerprint density at radius 3 is 2.42 bits per heavy atom. The Labute approximate surface area is 234 Å². The van der Waals surface area contributed by atoms with Crippen LogP contribution >= 0.6 is 0 Å². The van der Waals surface area contributed by atoms with E-state index in [4.69, 9.17) is 14.6 Å². The van der Waals surface area contributed by atoms with Gasteiger partial charge in [0.05, 0.1) is 19.7 Å². The summed E-state index contributed by atoms with van der Waals surface area (Å²) in [5, 5.41) is 25.6. The Balaban J connectivity index is 0.00000361. The van der Waals surface area contributed by atoms with Crippen LogP contribution in [0.5, 0.6) is 5.75 Å². The first-order chi connectivity index (χ1) is 17.1. The molecule has 1 saturated carbocycles. The Morgan fingerprint density at radius 1 is 1.06 bits per heavy atom. The maximum Gasteiger partial charge on any atom is 1.00 e. The van der Waals surface area contributed by atoms with E-state index in [-0.39, 0.29) is 42.8 Å². The van der Waals surface area contributed by atoms with E-state index >= 15 is 0 Å². The van der Waals surface area contributed by atoms with Crippen molar-refractivity contribution in [1.29, 1.82) is 0 Å². The van der Waals surface area contributed by atoms with Crippen LogP contribution in [0.15, 0.2) is 54.6 Å². The van der Waals surface area contributed by atoms with E-state index in [1.54, 1.807) is 7.11 Å². The maximum absolute atomic E-state index is 10.6. The molecule has 0 radical (unpaired) electrons. The van der Waals surface area contributed by atoms with Crippen LogP contribution in [0, 0.1) is 11.8 Å². The van der Waals surface area contributed by atoms with Gasteiger partial charge in [-0.1, -0.05) is 42.5 Å². The summed E-state index contributed by atoms with van der Waals surface area (Å²) < 4.78 is 12.8. The predicted molar refractivity (Wildman–Crippen MR) is 132 cm³/mol. The van der Waals surface area contributed by atoms with E-state index in [9.17, 15) is 15.0 Å². The molecule has 1 aliphatic carbocycles. The third kappa shape index (κ3) is 7.20. The summed E-state index contributed by atoms with van der Waals surface area (Å²) in [5.41, 5.74) is 5.03. The Kier molecular flexibility index (Phi) is 11.0. The van der Waals surface area contributed by atoms with Crippen LogP contribution in [0.2, 0.25) is 0 Å². The van der Waals surface area contributed by atoms with Gasteiger partial charge in [-0.15, -0.1) is 0 Å². The summed E-state index contributed by atoms with van der Waals surface area (Å²) in [6.07, 6.45) is 4.59. The van der Waals surface area contributed by atoms with Crippen molar-refractivity contribution in [2.75, 3.05) is 26.9 Å². The van der Waals surface area contributed by atoms with Crippen molar-refractivity contribution in [2.24, 2.45) is 11.8 Å². The molecule has 2 aromatic carbocycles. The smallest absolute Gasteiger partial charge is 0.548 e. The minimum atomic E-state index is -1.17. The van der Waals surface area contributed by atoms with Gasteiger partial charge in [-0.3, -0.25) is 4.68 Å². The fourth-order valence-corrected chi connectivity index (χ4v) is 5.02. The van der Waals surface area contributed by atoms with E-state index in [1.807, 2.05) is 36.4 Å². The van der Waals surface area contributed by atoms with Gasteiger partial charge in [-0.25, -0.2) is 0 Å². The van der Waals surface area contributed by atoms with Gasteiger partial charge in [0.2, 0.25) is 0 Å². The number of ether oxygens (including phenoxy) is 2. The van der Waals surface area contributed by atoms with Crippen LogP contribution < -0.4 is 39.4 Å². The van der Waals surface area contributed by atoms with E-state index in [2.05, 4.69) is 22.9 Å². The van der Waals surface area contributed by atoms with Crippen LogP contribution in [-0.4, -0.2) is 47.8 Å². The molecular weight excluding hydrogens is 467 g/mol. The van der Waals surface area contributed by atoms with Crippen LogP contribution in [0.4, 0.5) is 0 Å². The topological polar surface area (TPSA) is 96.6 Å². The molecule has 0 atom stereocenters. The molecule has 1 fully saturated rings. The average molecular weight is 501 g/mol. The number of carboxylic acids is 1. The fraction of sp³-hybridized carbons (Fsp3) is 0.429. The summed E-state index contributed by atoms with van der Waals surface area (Å²) in [7, 11) is 1.66. The fourth-order valence-electron chi connectivity index (χ4n) is 5.02. The van der Waals surface area contributed by atoms with Crippen molar-refractivity contribution < 1.29 is 54.0 Å². The number of methoxy groups -OCH3 is 1. The van der Waals surface area contributed by atoms with Gasteiger partial charge in [0.15, 0.2) is 0 Å². The second-order valence-corrected chi connectivity index (χ2v) is 9.20. The molecule has 0 unspecified atom stereocenters. The summed E-state index contributed by atoms with van der Waals surface area (Å²) in [6.45, 7) is 0.953. The molecule has 8 heteroatoms. The summed E-state index contributed by atoms with van der Waals surface area (Å²) in [5.74, 6) is 0.456. The molecule has 0 bridgehead atoms. The van der Waals surface area contributed by atoms with Crippen LogP contribution in [0.3, 0.4) is 0 Å². The van der Waals surface area contributed by atoms with Crippen molar-refractivity contribution in [3.05, 3.63) is 60.3 Å². The van der Waals surface area contributed by atoms with Crippen molar-refractivity contribution in [1.82, 2.24) is 9.78 Å². The third-order valence-corrected chi connectivity index (χ3v) is 6.78. The van der Waals surface area contributed by atoms with Crippen LogP contribution in [0.1, 0.15) is 31.4 Å². The van der Waals surface area contributed by atoms with Crippen molar-refractivity contribution in [3.63, 3.8) is 0 Å². The van der Waals surface area contributed by atoms with Crippen molar-refractivity contribution in [3.8, 4) is 28.1 Å². The molecule has 186 valence electrons. The normalized spacial score (nSPS) is 17.4. The standard InChI is InChI=1S/C28H34N2O5.Na/c1-34-24-9-5-8-23(16-24)27-25(14-15-31)30(29-28(27)22-6-3-2-4-7-22)17-20-10-12-21(13-11-20)18-35-19-26(32)33;/h2-9,16,20-21,31H,10-15,17-19H2,1H3,(H,32,33);/q;+1/p-1/t20-,21+;. The zero-order valence-electron chi connectivity index (χ0n) is 21.2. The van der Waals surface area contributed by atoms with Gasteiger partial charge in [0.25, 0.3) is 0 Å². The van der Waals surface area contributed by atoms with E-state index in [0.29, 0.717) is 24.9 Å². The molecule has 1 aliphatic rings. The molecule has 7 nitrogen and oxygen atoms in total. The Hall–Kier alpha value is -2.16. The SMILES string of the molecule is COc1cccc(-c2c(-c3ccccc3)nn(C[C@H]3CC[C@@H](COCC(=O)[O-])CC3)c2CCO)c1.[Na+]. The molecular formula is C28H33N2NaO5. The first kappa shape index (κ1) is 28.4. The van der Waals surface area contributed by atoms with E-state index in [0.717, 1.165) is 66.1 Å².